The summed E-state index contributed by atoms with van der Waals surface area (Å²) in [6, 6.07) is 6.82. The normalized spacial score (nSPS) is 19.0. The molecule has 7 heteroatoms. The molecule has 1 aromatic rings. The standard InChI is InChI=1S/C10H6Cl3NO3/c11-10(12,13)9-7(14(15)16)5-6-3-1-2-4-8(6)17-9/h1-5,9H/t9-/m0/s1. The summed E-state index contributed by atoms with van der Waals surface area (Å²) in [6.07, 6.45) is 0.128. The van der Waals surface area contributed by atoms with Crippen molar-refractivity contribution in [3.05, 3.63) is 45.6 Å². The Hall–Kier alpha value is -0.970. The van der Waals surface area contributed by atoms with Crippen molar-refractivity contribution in [3.8, 4) is 5.75 Å². The molecule has 0 unspecified atom stereocenters. The summed E-state index contributed by atoms with van der Waals surface area (Å²) in [4.78, 5) is 10.3. The van der Waals surface area contributed by atoms with Gasteiger partial charge in [-0.3, -0.25) is 10.1 Å². The summed E-state index contributed by atoms with van der Waals surface area (Å²) in [5, 5.41) is 10.9. The number of rotatable bonds is 1. The average Bonchev–Trinajstić information content (AvgIpc) is 2.26. The van der Waals surface area contributed by atoms with Crippen molar-refractivity contribution in [2.75, 3.05) is 0 Å². The second kappa shape index (κ2) is 4.37. The minimum atomic E-state index is -1.90. The maximum Gasteiger partial charge on any atom is 0.291 e. The highest BCUT2D eigenvalue weighted by molar-refractivity contribution is 6.68. The van der Waals surface area contributed by atoms with Crippen molar-refractivity contribution in [1.29, 1.82) is 0 Å². The van der Waals surface area contributed by atoms with Gasteiger partial charge in [0.15, 0.2) is 0 Å². The van der Waals surface area contributed by atoms with Crippen LogP contribution in [0.5, 0.6) is 5.75 Å². The monoisotopic (exact) mass is 293 g/mol. The van der Waals surface area contributed by atoms with Crippen molar-refractivity contribution in [2.24, 2.45) is 0 Å². The summed E-state index contributed by atoms with van der Waals surface area (Å²) < 4.78 is 3.47. The second-order valence-corrected chi connectivity index (χ2v) is 5.77. The van der Waals surface area contributed by atoms with Gasteiger partial charge in [0, 0.05) is 11.6 Å². The van der Waals surface area contributed by atoms with E-state index in [0.717, 1.165) is 0 Å². The molecule has 1 aliphatic rings. The van der Waals surface area contributed by atoms with E-state index >= 15 is 0 Å². The summed E-state index contributed by atoms with van der Waals surface area (Å²) in [5.41, 5.74) is 0.313. The minimum Gasteiger partial charge on any atom is -0.474 e. The zero-order chi connectivity index (χ0) is 12.6. The molecule has 1 aromatic carbocycles. The summed E-state index contributed by atoms with van der Waals surface area (Å²) >= 11 is 17.0. The van der Waals surface area contributed by atoms with Crippen LogP contribution in [0.3, 0.4) is 0 Å². The van der Waals surface area contributed by atoms with Gasteiger partial charge in [0.1, 0.15) is 5.75 Å². The molecule has 17 heavy (non-hydrogen) atoms. The maximum atomic E-state index is 10.9. The van der Waals surface area contributed by atoms with E-state index in [1.165, 1.54) is 6.08 Å². The first-order chi connectivity index (χ1) is 7.89. The van der Waals surface area contributed by atoms with E-state index in [0.29, 0.717) is 11.3 Å². The van der Waals surface area contributed by atoms with Crippen LogP contribution in [0.15, 0.2) is 30.0 Å². The third-order valence-electron chi connectivity index (χ3n) is 2.24. The molecular weight excluding hydrogens is 288 g/mol. The maximum absolute atomic E-state index is 10.9. The Labute approximate surface area is 112 Å². The number of fused-ring (bicyclic) bond motifs is 1. The zero-order valence-corrected chi connectivity index (χ0v) is 10.5. The Kier molecular flexibility index (Phi) is 3.21. The van der Waals surface area contributed by atoms with E-state index in [2.05, 4.69) is 0 Å². The highest BCUT2D eigenvalue weighted by Crippen LogP contribution is 2.41. The summed E-state index contributed by atoms with van der Waals surface area (Å²) in [6.45, 7) is 0. The number of hydrogen-bond donors (Lipinski definition) is 0. The van der Waals surface area contributed by atoms with Crippen molar-refractivity contribution >= 4 is 40.9 Å². The van der Waals surface area contributed by atoms with Crippen LogP contribution in [0.2, 0.25) is 0 Å². The predicted molar refractivity (Wildman–Crippen MR) is 66.1 cm³/mol. The van der Waals surface area contributed by atoms with Crippen molar-refractivity contribution < 1.29 is 9.66 Å². The van der Waals surface area contributed by atoms with E-state index in [1.54, 1.807) is 24.3 Å². The van der Waals surface area contributed by atoms with Crippen LogP contribution >= 0.6 is 34.8 Å². The molecule has 0 N–H and O–H groups in total. The fourth-order valence-electron chi connectivity index (χ4n) is 1.51. The zero-order valence-electron chi connectivity index (χ0n) is 8.27. The minimum absolute atomic E-state index is 0.274. The smallest absolute Gasteiger partial charge is 0.291 e. The molecule has 0 radical (unpaired) electrons. The number of nitro groups is 1. The molecule has 2 rings (SSSR count). The number of benzene rings is 1. The Morgan fingerprint density at radius 1 is 1.29 bits per heavy atom. The molecule has 90 valence electrons. The van der Waals surface area contributed by atoms with Crippen LogP contribution in [-0.2, 0) is 0 Å². The molecule has 4 nitrogen and oxygen atoms in total. The van der Waals surface area contributed by atoms with Gasteiger partial charge < -0.3 is 4.74 Å². The summed E-state index contributed by atoms with van der Waals surface area (Å²) in [5.74, 6) is 0.453. The first kappa shape index (κ1) is 12.5. The van der Waals surface area contributed by atoms with Gasteiger partial charge >= 0.3 is 0 Å². The Balaban J connectivity index is 2.51. The lowest BCUT2D eigenvalue weighted by Gasteiger charge is -2.26. The number of nitrogens with zero attached hydrogens (tertiary/aromatic N) is 1. The van der Waals surface area contributed by atoms with Gasteiger partial charge in [-0.1, -0.05) is 53.0 Å². The quantitative estimate of drug-likeness (QED) is 0.453. The second-order valence-electron chi connectivity index (χ2n) is 3.40. The largest absolute Gasteiger partial charge is 0.474 e. The van der Waals surface area contributed by atoms with E-state index in [9.17, 15) is 10.1 Å². The number of alkyl halides is 3. The summed E-state index contributed by atoms with van der Waals surface area (Å²) in [7, 11) is 0. The van der Waals surface area contributed by atoms with Gasteiger partial charge in [-0.2, -0.15) is 0 Å². The van der Waals surface area contributed by atoms with E-state index in [1.807, 2.05) is 0 Å². The van der Waals surface area contributed by atoms with Gasteiger partial charge in [0.05, 0.1) is 4.92 Å². The van der Waals surface area contributed by atoms with Gasteiger partial charge in [-0.15, -0.1) is 0 Å². The van der Waals surface area contributed by atoms with E-state index < -0.39 is 14.8 Å². The molecule has 0 amide bonds. The lowest BCUT2D eigenvalue weighted by molar-refractivity contribution is -0.433. The van der Waals surface area contributed by atoms with E-state index in [-0.39, 0.29) is 5.70 Å². The SMILES string of the molecule is O=[N+]([O-])C1=Cc2ccccc2O[C@@H]1C(Cl)(Cl)Cl. The van der Waals surface area contributed by atoms with Crippen LogP contribution < -0.4 is 4.74 Å². The molecule has 1 heterocycles. The van der Waals surface area contributed by atoms with Crippen LogP contribution in [0.25, 0.3) is 6.08 Å². The van der Waals surface area contributed by atoms with Crippen LogP contribution in [0, 0.1) is 10.1 Å². The highest BCUT2D eigenvalue weighted by Gasteiger charge is 2.46. The molecule has 0 spiro atoms. The molecule has 1 atom stereocenters. The number of halogens is 3. The first-order valence-electron chi connectivity index (χ1n) is 4.58. The van der Waals surface area contributed by atoms with Crippen molar-refractivity contribution in [3.63, 3.8) is 0 Å². The predicted octanol–water partition coefficient (Wildman–Crippen LogP) is 3.44. The Morgan fingerprint density at radius 2 is 1.94 bits per heavy atom. The van der Waals surface area contributed by atoms with Crippen molar-refractivity contribution in [1.82, 2.24) is 0 Å². The number of hydrogen-bond acceptors (Lipinski definition) is 3. The van der Waals surface area contributed by atoms with Crippen LogP contribution in [-0.4, -0.2) is 14.8 Å². The molecule has 1 aliphatic heterocycles. The fraction of sp³-hybridized carbons (Fsp3) is 0.200. The topological polar surface area (TPSA) is 52.4 Å². The van der Waals surface area contributed by atoms with Gasteiger partial charge in [-0.05, 0) is 6.07 Å². The van der Waals surface area contributed by atoms with Gasteiger partial charge in [0.2, 0.25) is 9.90 Å². The number of ether oxygens (including phenoxy) is 1. The third-order valence-corrected chi connectivity index (χ3v) is 2.84. The molecule has 0 bridgehead atoms. The first-order valence-corrected chi connectivity index (χ1v) is 5.71. The molecular formula is C10H6Cl3NO3. The Morgan fingerprint density at radius 3 is 2.53 bits per heavy atom. The lowest BCUT2D eigenvalue weighted by atomic mass is 10.1. The highest BCUT2D eigenvalue weighted by atomic mass is 35.6. The van der Waals surface area contributed by atoms with E-state index in [4.69, 9.17) is 39.5 Å². The third kappa shape index (κ3) is 2.49. The molecule has 0 fully saturated rings. The van der Waals surface area contributed by atoms with Crippen LogP contribution in [0.4, 0.5) is 0 Å². The molecule has 0 saturated heterocycles. The Bertz CT molecular complexity index is 496. The lowest BCUT2D eigenvalue weighted by Crippen LogP contribution is -2.38. The van der Waals surface area contributed by atoms with Crippen LogP contribution in [0.1, 0.15) is 5.56 Å². The molecule has 0 aliphatic carbocycles. The average molecular weight is 295 g/mol. The molecule has 0 aromatic heterocycles. The van der Waals surface area contributed by atoms with Gasteiger partial charge in [0.25, 0.3) is 5.70 Å². The van der Waals surface area contributed by atoms with Gasteiger partial charge in [-0.25, -0.2) is 0 Å². The number of para-hydroxylation sites is 1. The van der Waals surface area contributed by atoms with Crippen molar-refractivity contribution in [2.45, 2.75) is 9.90 Å². The fourth-order valence-corrected chi connectivity index (χ4v) is 1.98. The molecule has 0 saturated carbocycles.